The van der Waals surface area contributed by atoms with Crippen molar-refractivity contribution in [2.75, 3.05) is 11.9 Å². The van der Waals surface area contributed by atoms with E-state index >= 15 is 0 Å². The fraction of sp³-hybridized carbons (Fsp3) is 0.222. The average molecular weight is 462 g/mol. The van der Waals surface area contributed by atoms with Gasteiger partial charge in [0.25, 0.3) is 17.2 Å². The second-order valence-corrected chi connectivity index (χ2v) is 8.37. The SMILES string of the molecule is CCc1nc2nc(CSc3nnc(NC(=O)COc4ccccc4F)s3)cc(=O)n2[nH]1. The number of carbonyl (C=O) groups excluding carboxylic acids is 1. The predicted molar refractivity (Wildman–Crippen MR) is 113 cm³/mol. The fourth-order valence-corrected chi connectivity index (χ4v) is 4.18. The number of aryl methyl sites for hydroxylation is 1. The van der Waals surface area contributed by atoms with Gasteiger partial charge in [0.05, 0.1) is 5.69 Å². The van der Waals surface area contributed by atoms with E-state index in [9.17, 15) is 14.0 Å². The molecule has 0 aliphatic rings. The maximum absolute atomic E-state index is 13.5. The van der Waals surface area contributed by atoms with Crippen molar-refractivity contribution in [1.29, 1.82) is 0 Å². The molecule has 0 saturated heterocycles. The Morgan fingerprint density at radius 3 is 2.97 bits per heavy atom. The minimum absolute atomic E-state index is 0.00509. The monoisotopic (exact) mass is 461 g/mol. The number of thioether (sulfide) groups is 1. The molecular formula is C18H16FN7O3S2. The van der Waals surface area contributed by atoms with Crippen LogP contribution in [0.3, 0.4) is 0 Å². The number of para-hydroxylation sites is 1. The van der Waals surface area contributed by atoms with Gasteiger partial charge >= 0.3 is 0 Å². The molecule has 0 spiro atoms. The lowest BCUT2D eigenvalue weighted by Crippen LogP contribution is -2.20. The Balaban J connectivity index is 1.33. The highest BCUT2D eigenvalue weighted by Crippen LogP contribution is 2.27. The van der Waals surface area contributed by atoms with Crippen LogP contribution in [0.2, 0.25) is 0 Å². The number of carbonyl (C=O) groups is 1. The number of rotatable bonds is 8. The summed E-state index contributed by atoms with van der Waals surface area (Å²) in [5.74, 6) is 0.352. The maximum atomic E-state index is 13.5. The van der Waals surface area contributed by atoms with Crippen molar-refractivity contribution in [3.05, 3.63) is 58.0 Å². The van der Waals surface area contributed by atoms with Gasteiger partial charge in [-0.2, -0.15) is 9.50 Å². The molecule has 4 aromatic rings. The van der Waals surface area contributed by atoms with E-state index < -0.39 is 11.7 Å². The Morgan fingerprint density at radius 2 is 2.16 bits per heavy atom. The van der Waals surface area contributed by atoms with Gasteiger partial charge in [0, 0.05) is 18.2 Å². The van der Waals surface area contributed by atoms with Gasteiger partial charge in [-0.05, 0) is 12.1 Å². The largest absolute Gasteiger partial charge is 0.481 e. The highest BCUT2D eigenvalue weighted by Gasteiger charge is 2.12. The van der Waals surface area contributed by atoms with Gasteiger partial charge in [-0.1, -0.05) is 42.2 Å². The Labute approximate surface area is 182 Å². The molecule has 160 valence electrons. The number of aromatic amines is 1. The number of nitrogens with zero attached hydrogens (tertiary/aromatic N) is 5. The molecule has 0 saturated carbocycles. The topological polar surface area (TPSA) is 127 Å². The maximum Gasteiger partial charge on any atom is 0.274 e. The summed E-state index contributed by atoms with van der Waals surface area (Å²) in [5, 5.41) is 13.6. The molecule has 3 heterocycles. The van der Waals surface area contributed by atoms with Crippen molar-refractivity contribution in [2.24, 2.45) is 0 Å². The van der Waals surface area contributed by atoms with Crippen molar-refractivity contribution in [3.8, 4) is 5.75 Å². The number of fused-ring (bicyclic) bond motifs is 1. The third kappa shape index (κ3) is 5.06. The van der Waals surface area contributed by atoms with E-state index in [2.05, 4.69) is 30.6 Å². The van der Waals surface area contributed by atoms with Gasteiger partial charge in [-0.15, -0.1) is 10.2 Å². The van der Waals surface area contributed by atoms with E-state index in [1.165, 1.54) is 51.9 Å². The molecule has 3 aromatic heterocycles. The van der Waals surface area contributed by atoms with Crippen LogP contribution in [0, 0.1) is 5.82 Å². The van der Waals surface area contributed by atoms with E-state index in [1.807, 2.05) is 6.92 Å². The highest BCUT2D eigenvalue weighted by molar-refractivity contribution is 8.00. The Bertz CT molecular complexity index is 1290. The molecule has 0 aliphatic heterocycles. The summed E-state index contributed by atoms with van der Waals surface area (Å²) in [6, 6.07) is 7.26. The number of aromatic nitrogens is 6. The number of hydrogen-bond donors (Lipinski definition) is 2. The molecule has 13 heteroatoms. The van der Waals surface area contributed by atoms with Crippen molar-refractivity contribution < 1.29 is 13.9 Å². The van der Waals surface area contributed by atoms with Crippen LogP contribution in [0.1, 0.15) is 18.4 Å². The van der Waals surface area contributed by atoms with Gasteiger partial charge in [0.15, 0.2) is 22.5 Å². The summed E-state index contributed by atoms with van der Waals surface area (Å²) in [6.07, 6.45) is 0.664. The van der Waals surface area contributed by atoms with E-state index in [-0.39, 0.29) is 23.0 Å². The lowest BCUT2D eigenvalue weighted by Gasteiger charge is -2.05. The van der Waals surface area contributed by atoms with E-state index in [0.717, 1.165) is 0 Å². The van der Waals surface area contributed by atoms with E-state index in [1.54, 1.807) is 6.07 Å². The zero-order chi connectivity index (χ0) is 21.8. The van der Waals surface area contributed by atoms with Crippen LogP contribution < -0.4 is 15.6 Å². The number of H-pyrrole nitrogens is 1. The molecule has 1 amide bonds. The van der Waals surface area contributed by atoms with Crippen LogP contribution in [-0.2, 0) is 17.0 Å². The first kappa shape index (κ1) is 20.9. The van der Waals surface area contributed by atoms with Gasteiger partial charge in [0.2, 0.25) is 5.13 Å². The fourth-order valence-electron chi connectivity index (χ4n) is 2.52. The number of anilines is 1. The summed E-state index contributed by atoms with van der Waals surface area (Å²) in [4.78, 5) is 32.8. The Hall–Kier alpha value is -3.32. The van der Waals surface area contributed by atoms with Crippen molar-refractivity contribution in [3.63, 3.8) is 0 Å². The Kier molecular flexibility index (Phi) is 6.23. The van der Waals surface area contributed by atoms with Gasteiger partial charge in [0.1, 0.15) is 5.82 Å². The molecule has 0 aliphatic carbocycles. The van der Waals surface area contributed by atoms with Gasteiger partial charge in [-0.3, -0.25) is 20.0 Å². The third-order valence-corrected chi connectivity index (χ3v) is 5.96. The zero-order valence-electron chi connectivity index (χ0n) is 16.2. The summed E-state index contributed by atoms with van der Waals surface area (Å²) < 4.78 is 20.6. The second kappa shape index (κ2) is 9.22. The number of hydrogen-bond acceptors (Lipinski definition) is 9. The van der Waals surface area contributed by atoms with Gasteiger partial charge < -0.3 is 4.74 Å². The number of halogens is 1. The summed E-state index contributed by atoms with van der Waals surface area (Å²) in [7, 11) is 0. The molecule has 0 fully saturated rings. The van der Waals surface area contributed by atoms with Crippen molar-refractivity contribution in [2.45, 2.75) is 23.4 Å². The third-order valence-electron chi connectivity index (χ3n) is 3.96. The molecule has 1 aromatic carbocycles. The molecule has 0 bridgehead atoms. The predicted octanol–water partition coefficient (Wildman–Crippen LogP) is 2.28. The summed E-state index contributed by atoms with van der Waals surface area (Å²) in [5.41, 5.74) is 0.316. The molecule has 4 rings (SSSR count). The first-order valence-electron chi connectivity index (χ1n) is 9.13. The van der Waals surface area contributed by atoms with Crippen LogP contribution in [0.25, 0.3) is 5.78 Å². The van der Waals surface area contributed by atoms with Gasteiger partial charge in [-0.25, -0.2) is 9.37 Å². The molecule has 0 unspecified atom stereocenters. The smallest absolute Gasteiger partial charge is 0.274 e. The normalized spacial score (nSPS) is 11.0. The lowest BCUT2D eigenvalue weighted by molar-refractivity contribution is -0.118. The number of amides is 1. The highest BCUT2D eigenvalue weighted by atomic mass is 32.2. The quantitative estimate of drug-likeness (QED) is 0.302. The molecule has 0 radical (unpaired) electrons. The van der Waals surface area contributed by atoms with Crippen LogP contribution in [0.5, 0.6) is 5.75 Å². The zero-order valence-corrected chi connectivity index (χ0v) is 17.8. The number of benzene rings is 1. The summed E-state index contributed by atoms with van der Waals surface area (Å²) in [6.45, 7) is 1.57. The molecular weight excluding hydrogens is 445 g/mol. The van der Waals surface area contributed by atoms with Crippen LogP contribution in [0.15, 0.2) is 39.5 Å². The number of nitrogens with one attached hydrogen (secondary N) is 2. The minimum Gasteiger partial charge on any atom is -0.481 e. The first-order valence-corrected chi connectivity index (χ1v) is 10.9. The first-order chi connectivity index (χ1) is 15.0. The average Bonchev–Trinajstić information content (AvgIpc) is 3.38. The van der Waals surface area contributed by atoms with E-state index in [4.69, 9.17) is 4.74 Å². The number of ether oxygens (including phenoxy) is 1. The van der Waals surface area contributed by atoms with Crippen molar-refractivity contribution >= 4 is 39.9 Å². The van der Waals surface area contributed by atoms with E-state index in [0.29, 0.717) is 33.8 Å². The summed E-state index contributed by atoms with van der Waals surface area (Å²) >= 11 is 2.49. The van der Waals surface area contributed by atoms with Crippen molar-refractivity contribution in [1.82, 2.24) is 29.8 Å². The van der Waals surface area contributed by atoms with Crippen LogP contribution in [0.4, 0.5) is 9.52 Å². The lowest BCUT2D eigenvalue weighted by atomic mass is 10.3. The van der Waals surface area contributed by atoms with Crippen LogP contribution >= 0.6 is 23.1 Å². The molecule has 2 N–H and O–H groups in total. The molecule has 31 heavy (non-hydrogen) atoms. The molecule has 10 nitrogen and oxygen atoms in total. The second-order valence-electron chi connectivity index (χ2n) is 6.17. The standard InChI is InChI=1S/C18H16FN7O3S2/c1-2-13-21-16-20-10(7-15(28)26(16)25-13)9-30-18-24-23-17(31-18)22-14(27)8-29-12-6-4-3-5-11(12)19/h3-7H,2,8-9H2,1H3,(H,20,21,25)(H,22,23,27). The Morgan fingerprint density at radius 1 is 1.32 bits per heavy atom. The van der Waals surface area contributed by atoms with Crippen LogP contribution in [-0.4, -0.2) is 42.3 Å². The minimum atomic E-state index is -0.544. The molecule has 0 atom stereocenters.